The summed E-state index contributed by atoms with van der Waals surface area (Å²) in [5.74, 6) is 0. The second-order valence-corrected chi connectivity index (χ2v) is 5.27. The minimum Gasteiger partial charge on any atom is -0.192 e. The minimum atomic E-state index is -4.44. The maximum Gasteiger partial charge on any atom is 0.418 e. The number of rotatable bonds is 0. The number of thiophene rings is 1. The third-order valence-electron chi connectivity index (χ3n) is 1.88. The Labute approximate surface area is 90.2 Å². The van der Waals surface area contributed by atoms with E-state index in [1.54, 1.807) is 6.07 Å². The summed E-state index contributed by atoms with van der Waals surface area (Å²) in [4.78, 5) is 0.318. The van der Waals surface area contributed by atoms with Crippen LogP contribution < -0.4 is 0 Å². The maximum absolute atomic E-state index is 12.5. The number of hydrogen-bond acceptors (Lipinski definition) is 2. The van der Waals surface area contributed by atoms with Crippen molar-refractivity contribution in [3.05, 3.63) is 21.4 Å². The topological polar surface area (TPSA) is 23.8 Å². The van der Waals surface area contributed by atoms with E-state index in [-0.39, 0.29) is 10.3 Å². The zero-order chi connectivity index (χ0) is 11.9. The number of nitrogens with zero attached hydrogens (tertiary/aromatic N) is 1. The Kier molecular flexibility index (Phi) is 2.83. The molecular weight excluding hydrogens is 223 g/mol. The van der Waals surface area contributed by atoms with E-state index >= 15 is 0 Å². The van der Waals surface area contributed by atoms with Gasteiger partial charge in [0.15, 0.2) is 0 Å². The Bertz CT molecular complexity index is 404. The summed E-state index contributed by atoms with van der Waals surface area (Å²) in [5.41, 5.74) is -1.18. The highest BCUT2D eigenvalue weighted by molar-refractivity contribution is 7.12. The predicted octanol–water partition coefficient (Wildman–Crippen LogP) is 3.94. The van der Waals surface area contributed by atoms with E-state index in [9.17, 15) is 13.2 Å². The normalized spacial score (nSPS) is 12.6. The molecule has 0 unspecified atom stereocenters. The van der Waals surface area contributed by atoms with Crippen molar-refractivity contribution in [2.24, 2.45) is 0 Å². The van der Waals surface area contributed by atoms with Gasteiger partial charge in [-0.3, -0.25) is 0 Å². The van der Waals surface area contributed by atoms with E-state index in [1.165, 1.54) is 0 Å². The summed E-state index contributed by atoms with van der Waals surface area (Å²) in [6.07, 6.45) is -4.44. The van der Waals surface area contributed by atoms with Crippen LogP contribution in [0.4, 0.5) is 13.2 Å². The number of halogens is 3. The van der Waals surface area contributed by atoms with E-state index < -0.39 is 11.7 Å². The quantitative estimate of drug-likeness (QED) is 0.666. The third kappa shape index (κ3) is 2.51. The van der Waals surface area contributed by atoms with Gasteiger partial charge in [-0.2, -0.15) is 18.4 Å². The lowest BCUT2D eigenvalue weighted by atomic mass is 9.94. The van der Waals surface area contributed by atoms with Crippen molar-refractivity contribution in [1.29, 1.82) is 5.26 Å². The Hall–Kier alpha value is -1.02. The SMILES string of the molecule is CC(C)(C)c1cc(C(F)(F)F)c(C#N)s1. The Morgan fingerprint density at radius 2 is 1.80 bits per heavy atom. The zero-order valence-electron chi connectivity index (χ0n) is 8.57. The van der Waals surface area contributed by atoms with E-state index in [4.69, 9.17) is 5.26 Å². The van der Waals surface area contributed by atoms with Crippen LogP contribution in [0.25, 0.3) is 0 Å². The van der Waals surface area contributed by atoms with Crippen LogP contribution in [0.1, 0.15) is 36.1 Å². The van der Waals surface area contributed by atoms with Crippen molar-refractivity contribution >= 4 is 11.3 Å². The first-order valence-electron chi connectivity index (χ1n) is 4.28. The molecule has 0 amide bonds. The molecule has 0 radical (unpaired) electrons. The molecule has 0 N–H and O–H groups in total. The predicted molar refractivity (Wildman–Crippen MR) is 52.7 cm³/mol. The number of alkyl halides is 3. The van der Waals surface area contributed by atoms with Crippen LogP contribution >= 0.6 is 11.3 Å². The van der Waals surface area contributed by atoms with Crippen LogP contribution in [-0.4, -0.2) is 0 Å². The van der Waals surface area contributed by atoms with Gasteiger partial charge in [-0.05, 0) is 11.5 Å². The zero-order valence-corrected chi connectivity index (χ0v) is 9.38. The fourth-order valence-corrected chi connectivity index (χ4v) is 2.09. The van der Waals surface area contributed by atoms with Gasteiger partial charge in [-0.15, -0.1) is 11.3 Å². The average molecular weight is 233 g/mol. The summed E-state index contributed by atoms with van der Waals surface area (Å²) in [6, 6.07) is 2.67. The molecule has 0 saturated heterocycles. The van der Waals surface area contributed by atoms with Gasteiger partial charge < -0.3 is 0 Å². The highest BCUT2D eigenvalue weighted by Gasteiger charge is 2.36. The van der Waals surface area contributed by atoms with E-state index in [0.717, 1.165) is 17.4 Å². The minimum absolute atomic E-state index is 0.257. The molecule has 0 aliphatic heterocycles. The van der Waals surface area contributed by atoms with Crippen molar-refractivity contribution in [3.63, 3.8) is 0 Å². The molecule has 0 fully saturated rings. The fourth-order valence-electron chi connectivity index (χ4n) is 1.05. The van der Waals surface area contributed by atoms with Crippen LogP contribution in [0.3, 0.4) is 0 Å². The van der Waals surface area contributed by atoms with Crippen molar-refractivity contribution < 1.29 is 13.2 Å². The smallest absolute Gasteiger partial charge is 0.192 e. The van der Waals surface area contributed by atoms with Gasteiger partial charge in [0.2, 0.25) is 0 Å². The van der Waals surface area contributed by atoms with Crippen LogP contribution in [0.15, 0.2) is 6.07 Å². The number of nitriles is 1. The summed E-state index contributed by atoms with van der Waals surface area (Å²) < 4.78 is 37.5. The Balaban J connectivity index is 3.32. The summed E-state index contributed by atoms with van der Waals surface area (Å²) in [5, 5.41) is 8.62. The van der Waals surface area contributed by atoms with Gasteiger partial charge in [0.25, 0.3) is 0 Å². The lowest BCUT2D eigenvalue weighted by molar-refractivity contribution is -0.137. The summed E-state index contributed by atoms with van der Waals surface area (Å²) >= 11 is 0.912. The molecule has 5 heteroatoms. The highest BCUT2D eigenvalue weighted by atomic mass is 32.1. The van der Waals surface area contributed by atoms with Gasteiger partial charge in [-0.25, -0.2) is 0 Å². The molecule has 0 aromatic carbocycles. The lowest BCUT2D eigenvalue weighted by Crippen LogP contribution is -2.09. The van der Waals surface area contributed by atoms with Gasteiger partial charge in [0.05, 0.1) is 5.56 Å². The second kappa shape index (κ2) is 3.53. The first kappa shape index (κ1) is 12.1. The summed E-state index contributed by atoms with van der Waals surface area (Å²) in [6.45, 7) is 5.46. The van der Waals surface area contributed by atoms with E-state index in [2.05, 4.69) is 0 Å². The molecule has 0 atom stereocenters. The van der Waals surface area contributed by atoms with Crippen LogP contribution in [0, 0.1) is 11.3 Å². The van der Waals surface area contributed by atoms with E-state index in [0.29, 0.717) is 4.88 Å². The van der Waals surface area contributed by atoms with Gasteiger partial charge in [-0.1, -0.05) is 20.8 Å². The van der Waals surface area contributed by atoms with E-state index in [1.807, 2.05) is 20.8 Å². The molecule has 1 aromatic heterocycles. The average Bonchev–Trinajstić information content (AvgIpc) is 2.44. The second-order valence-electron chi connectivity index (χ2n) is 4.21. The standard InChI is InChI=1S/C10H10F3NS/c1-9(2,3)8-4-6(10(11,12)13)7(5-14)15-8/h4H,1-3H3. The monoisotopic (exact) mass is 233 g/mol. The molecule has 0 spiro atoms. The molecule has 0 bridgehead atoms. The molecule has 1 nitrogen and oxygen atoms in total. The maximum atomic E-state index is 12.5. The highest BCUT2D eigenvalue weighted by Crippen LogP contribution is 2.40. The molecule has 15 heavy (non-hydrogen) atoms. The fraction of sp³-hybridized carbons (Fsp3) is 0.500. The largest absolute Gasteiger partial charge is 0.418 e. The molecule has 1 heterocycles. The first-order chi connectivity index (χ1) is 6.66. The molecular formula is C10H10F3NS. The molecule has 1 rings (SSSR count). The van der Waals surface area contributed by atoms with Crippen molar-refractivity contribution in [3.8, 4) is 6.07 Å². The number of hydrogen-bond donors (Lipinski definition) is 0. The van der Waals surface area contributed by atoms with Crippen molar-refractivity contribution in [1.82, 2.24) is 0 Å². The molecule has 0 aliphatic carbocycles. The van der Waals surface area contributed by atoms with Crippen molar-refractivity contribution in [2.75, 3.05) is 0 Å². The molecule has 0 aliphatic rings. The molecule has 1 aromatic rings. The van der Waals surface area contributed by atoms with Gasteiger partial charge >= 0.3 is 6.18 Å². The van der Waals surface area contributed by atoms with Crippen LogP contribution in [-0.2, 0) is 11.6 Å². The van der Waals surface area contributed by atoms with Gasteiger partial charge in [0, 0.05) is 4.88 Å². The third-order valence-corrected chi connectivity index (χ3v) is 3.34. The molecule has 0 saturated carbocycles. The Morgan fingerprint density at radius 3 is 2.07 bits per heavy atom. The van der Waals surface area contributed by atoms with Crippen molar-refractivity contribution in [2.45, 2.75) is 32.4 Å². The summed E-state index contributed by atoms with van der Waals surface area (Å²) in [7, 11) is 0. The molecule has 82 valence electrons. The Morgan fingerprint density at radius 1 is 1.27 bits per heavy atom. The van der Waals surface area contributed by atoms with Gasteiger partial charge in [0.1, 0.15) is 10.9 Å². The van der Waals surface area contributed by atoms with Crippen LogP contribution in [0.2, 0.25) is 0 Å². The lowest BCUT2D eigenvalue weighted by Gasteiger charge is -2.15. The first-order valence-corrected chi connectivity index (χ1v) is 5.09. The van der Waals surface area contributed by atoms with Crippen LogP contribution in [0.5, 0.6) is 0 Å².